The maximum atomic E-state index is 12.2. The molecule has 2 rings (SSSR count). The van der Waals surface area contributed by atoms with Crippen LogP contribution in [0.4, 0.5) is 0 Å². The summed E-state index contributed by atoms with van der Waals surface area (Å²) in [6.45, 7) is 7.54. The highest BCUT2D eigenvalue weighted by atomic mass is 32.2. The third kappa shape index (κ3) is 9.33. The fraction of sp³-hybridized carbons (Fsp3) is 0.500. The number of nitrogens with zero attached hydrogens (tertiary/aromatic N) is 1. The third-order valence-electron chi connectivity index (χ3n) is 4.58. The van der Waals surface area contributed by atoms with Gasteiger partial charge in [-0.2, -0.15) is 11.8 Å². The molecule has 0 bridgehead atoms. The molecule has 2 aromatic rings. The van der Waals surface area contributed by atoms with E-state index in [4.69, 9.17) is 13.8 Å². The Labute approximate surface area is 199 Å². The molecule has 182 valence electrons. The lowest BCUT2D eigenvalue weighted by Crippen LogP contribution is -2.35. The van der Waals surface area contributed by atoms with E-state index in [1.165, 1.54) is 16.8 Å². The van der Waals surface area contributed by atoms with Crippen molar-refractivity contribution in [2.24, 2.45) is 0 Å². The van der Waals surface area contributed by atoms with Gasteiger partial charge in [0.2, 0.25) is 0 Å². The number of thioether (sulfide) groups is 1. The standard InChI is InChI=1S/C22H32N3O6PS/c1-15(2)30-21(27)17(4)24-32(31-18-9-7-6-8-10-18)29-14-19(33-5)13-16(3)25-12-11-20(26)23-22(25)28/h6-12,15-17,19,24H,13-14H2,1-5H3,(H,23,26,28). The number of hydrogen-bond acceptors (Lipinski definition) is 8. The summed E-state index contributed by atoms with van der Waals surface area (Å²) in [5.74, 6) is 0.236. The van der Waals surface area contributed by atoms with E-state index in [0.717, 1.165) is 0 Å². The second kappa shape index (κ2) is 13.5. The molecule has 2 N–H and O–H groups in total. The summed E-state index contributed by atoms with van der Waals surface area (Å²) >= 11 is 1.61. The molecular formula is C22H32N3O6PS. The number of esters is 1. The van der Waals surface area contributed by atoms with Crippen LogP contribution in [-0.2, 0) is 14.1 Å². The lowest BCUT2D eigenvalue weighted by Gasteiger charge is -2.25. The molecule has 4 atom stereocenters. The summed E-state index contributed by atoms with van der Waals surface area (Å²) in [4.78, 5) is 37.9. The number of nitrogens with one attached hydrogen (secondary N) is 2. The zero-order valence-corrected chi connectivity index (χ0v) is 21.2. The molecule has 0 aliphatic rings. The topological polar surface area (TPSA) is 112 Å². The van der Waals surface area contributed by atoms with Crippen LogP contribution in [0.25, 0.3) is 0 Å². The molecule has 0 spiro atoms. The Balaban J connectivity index is 2.04. The smallest absolute Gasteiger partial charge is 0.328 e. The minimum Gasteiger partial charge on any atom is -0.462 e. The first-order valence-corrected chi connectivity index (χ1v) is 13.1. The summed E-state index contributed by atoms with van der Waals surface area (Å²) in [5, 5.41) is 3.14. The van der Waals surface area contributed by atoms with Crippen molar-refractivity contribution in [3.8, 4) is 5.75 Å². The molecule has 0 saturated carbocycles. The Hall–Kier alpha value is -2.13. The average molecular weight is 498 g/mol. The molecule has 1 heterocycles. The summed E-state index contributed by atoms with van der Waals surface area (Å²) in [6, 6.07) is 9.79. The Morgan fingerprint density at radius 3 is 2.45 bits per heavy atom. The first-order chi connectivity index (χ1) is 15.7. The quantitative estimate of drug-likeness (QED) is 0.320. The van der Waals surface area contributed by atoms with Crippen LogP contribution in [0.1, 0.15) is 40.2 Å². The van der Waals surface area contributed by atoms with Gasteiger partial charge in [0.05, 0.1) is 12.7 Å². The molecule has 11 heteroatoms. The number of benzene rings is 1. The van der Waals surface area contributed by atoms with Crippen LogP contribution in [0.2, 0.25) is 0 Å². The number of rotatable bonds is 13. The molecule has 33 heavy (non-hydrogen) atoms. The molecule has 0 amide bonds. The van der Waals surface area contributed by atoms with E-state index in [0.29, 0.717) is 18.8 Å². The molecule has 4 unspecified atom stereocenters. The Bertz CT molecular complexity index is 984. The molecule has 0 saturated heterocycles. The summed E-state index contributed by atoms with van der Waals surface area (Å²) < 4.78 is 18.8. The number of aromatic amines is 1. The van der Waals surface area contributed by atoms with Crippen molar-refractivity contribution in [2.45, 2.75) is 57.6 Å². The molecule has 0 radical (unpaired) electrons. The van der Waals surface area contributed by atoms with Gasteiger partial charge in [0.25, 0.3) is 5.56 Å². The van der Waals surface area contributed by atoms with Crippen molar-refractivity contribution in [3.05, 3.63) is 63.4 Å². The molecule has 0 aliphatic heterocycles. The molecule has 0 fully saturated rings. The number of carbonyl (C=O) groups is 1. The van der Waals surface area contributed by atoms with Crippen LogP contribution in [-0.4, -0.2) is 45.8 Å². The zero-order chi connectivity index (χ0) is 24.4. The van der Waals surface area contributed by atoms with Crippen LogP contribution in [0.5, 0.6) is 5.75 Å². The molecule has 9 nitrogen and oxygen atoms in total. The van der Waals surface area contributed by atoms with E-state index in [1.54, 1.807) is 32.5 Å². The number of ether oxygens (including phenoxy) is 1. The van der Waals surface area contributed by atoms with Crippen molar-refractivity contribution in [1.82, 2.24) is 14.6 Å². The van der Waals surface area contributed by atoms with Crippen molar-refractivity contribution >= 4 is 26.3 Å². The van der Waals surface area contributed by atoms with Gasteiger partial charge < -0.3 is 13.8 Å². The fourth-order valence-electron chi connectivity index (χ4n) is 2.86. The second-order valence-corrected chi connectivity index (χ2v) is 10.1. The van der Waals surface area contributed by atoms with E-state index in [1.807, 2.05) is 43.5 Å². The monoisotopic (exact) mass is 497 g/mol. The van der Waals surface area contributed by atoms with E-state index in [-0.39, 0.29) is 23.4 Å². The minimum atomic E-state index is -1.64. The highest BCUT2D eigenvalue weighted by molar-refractivity contribution is 7.99. The predicted molar refractivity (Wildman–Crippen MR) is 132 cm³/mol. The van der Waals surface area contributed by atoms with Crippen LogP contribution < -0.4 is 20.9 Å². The van der Waals surface area contributed by atoms with Gasteiger partial charge in [-0.25, -0.2) is 9.88 Å². The molecule has 1 aromatic heterocycles. The molecule has 0 aliphatic carbocycles. The molecule has 1 aromatic carbocycles. The Morgan fingerprint density at radius 1 is 1.15 bits per heavy atom. The Morgan fingerprint density at radius 2 is 1.85 bits per heavy atom. The number of para-hydroxylation sites is 1. The van der Waals surface area contributed by atoms with Gasteiger partial charge in [0, 0.05) is 23.6 Å². The lowest BCUT2D eigenvalue weighted by molar-refractivity contribution is -0.149. The maximum absolute atomic E-state index is 12.2. The SMILES string of the molecule is CSC(COP(NC(C)C(=O)OC(C)C)Oc1ccccc1)CC(C)n1ccc(=O)[nH]c1=O. The maximum Gasteiger partial charge on any atom is 0.328 e. The van der Waals surface area contributed by atoms with E-state index in [2.05, 4.69) is 10.1 Å². The summed E-state index contributed by atoms with van der Waals surface area (Å²) in [6.07, 6.45) is 3.88. The minimum absolute atomic E-state index is 0.0444. The van der Waals surface area contributed by atoms with Crippen LogP contribution in [0.3, 0.4) is 0 Å². The van der Waals surface area contributed by atoms with E-state index >= 15 is 0 Å². The van der Waals surface area contributed by atoms with Crippen LogP contribution >= 0.6 is 20.3 Å². The van der Waals surface area contributed by atoms with Gasteiger partial charge in [-0.1, -0.05) is 18.2 Å². The van der Waals surface area contributed by atoms with Gasteiger partial charge >= 0.3 is 20.2 Å². The molecular weight excluding hydrogens is 465 g/mol. The van der Waals surface area contributed by atoms with Crippen molar-refractivity contribution in [1.29, 1.82) is 0 Å². The highest BCUT2D eigenvalue weighted by Crippen LogP contribution is 2.37. The average Bonchev–Trinajstić information content (AvgIpc) is 2.76. The van der Waals surface area contributed by atoms with Gasteiger partial charge in [0.1, 0.15) is 11.8 Å². The number of H-pyrrole nitrogens is 1. The lowest BCUT2D eigenvalue weighted by atomic mass is 10.2. The normalized spacial score (nSPS) is 15.0. The van der Waals surface area contributed by atoms with Gasteiger partial charge in [-0.05, 0) is 52.5 Å². The number of aromatic nitrogens is 2. The van der Waals surface area contributed by atoms with Crippen LogP contribution in [0.15, 0.2) is 52.2 Å². The van der Waals surface area contributed by atoms with E-state index in [9.17, 15) is 14.4 Å². The van der Waals surface area contributed by atoms with E-state index < -0.39 is 25.8 Å². The highest BCUT2D eigenvalue weighted by Gasteiger charge is 2.25. The first-order valence-electron chi connectivity index (χ1n) is 10.7. The van der Waals surface area contributed by atoms with Crippen molar-refractivity contribution < 1.29 is 18.6 Å². The second-order valence-electron chi connectivity index (χ2n) is 7.75. The van der Waals surface area contributed by atoms with Gasteiger partial charge in [-0.3, -0.25) is 19.1 Å². The Kier molecular flexibility index (Phi) is 11.1. The van der Waals surface area contributed by atoms with Gasteiger partial charge in [0.15, 0.2) is 0 Å². The summed E-state index contributed by atoms with van der Waals surface area (Å²) in [7, 11) is -1.64. The number of carbonyl (C=O) groups excluding carboxylic acids is 1. The van der Waals surface area contributed by atoms with Crippen LogP contribution in [0, 0.1) is 0 Å². The summed E-state index contributed by atoms with van der Waals surface area (Å²) in [5.41, 5.74) is -0.863. The zero-order valence-electron chi connectivity index (χ0n) is 19.5. The van der Waals surface area contributed by atoms with Crippen molar-refractivity contribution in [2.75, 3.05) is 12.9 Å². The predicted octanol–water partition coefficient (Wildman–Crippen LogP) is 3.47. The largest absolute Gasteiger partial charge is 0.462 e. The number of hydrogen-bond donors (Lipinski definition) is 2. The van der Waals surface area contributed by atoms with Crippen molar-refractivity contribution in [3.63, 3.8) is 0 Å². The third-order valence-corrected chi connectivity index (χ3v) is 6.93. The fourth-order valence-corrected chi connectivity index (χ4v) is 4.87. The first kappa shape index (κ1) is 27.1. The van der Waals surface area contributed by atoms with Gasteiger partial charge in [-0.15, -0.1) is 0 Å².